The molecular formula is C16H27N3O2S. The number of benzene rings is 1. The molecule has 1 fully saturated rings. The molecule has 1 aliphatic rings. The van der Waals surface area contributed by atoms with Crippen molar-refractivity contribution in [3.8, 4) is 0 Å². The van der Waals surface area contributed by atoms with Gasteiger partial charge in [-0.2, -0.15) is 12.7 Å². The van der Waals surface area contributed by atoms with E-state index in [9.17, 15) is 8.42 Å². The highest BCUT2D eigenvalue weighted by Gasteiger charge is 2.31. The SMILES string of the molecule is CCN(C)S(=O)(=O)NC[C@@H]1CCCN(C)[C@@H]1c1ccccc1. The summed E-state index contributed by atoms with van der Waals surface area (Å²) in [5.41, 5.74) is 1.26. The molecule has 2 atom stereocenters. The molecule has 0 radical (unpaired) electrons. The monoisotopic (exact) mass is 325 g/mol. The van der Waals surface area contributed by atoms with Crippen LogP contribution in [0, 0.1) is 5.92 Å². The third kappa shape index (κ3) is 4.07. The van der Waals surface area contributed by atoms with Crippen molar-refractivity contribution in [3.05, 3.63) is 35.9 Å². The first kappa shape index (κ1) is 17.4. The molecule has 1 saturated heterocycles. The van der Waals surface area contributed by atoms with Crippen LogP contribution in [0.4, 0.5) is 0 Å². The Kier molecular flexibility index (Phi) is 5.97. The molecule has 6 heteroatoms. The van der Waals surface area contributed by atoms with Gasteiger partial charge in [0, 0.05) is 26.2 Å². The topological polar surface area (TPSA) is 52.7 Å². The summed E-state index contributed by atoms with van der Waals surface area (Å²) in [7, 11) is 0.355. The van der Waals surface area contributed by atoms with E-state index in [1.165, 1.54) is 9.87 Å². The van der Waals surface area contributed by atoms with Gasteiger partial charge in [-0.25, -0.2) is 4.72 Å². The minimum Gasteiger partial charge on any atom is -0.299 e. The highest BCUT2D eigenvalue weighted by Crippen LogP contribution is 2.34. The fourth-order valence-electron chi connectivity index (χ4n) is 3.14. The Morgan fingerprint density at radius 2 is 2.00 bits per heavy atom. The summed E-state index contributed by atoms with van der Waals surface area (Å²) in [5, 5.41) is 0. The van der Waals surface area contributed by atoms with Crippen molar-refractivity contribution < 1.29 is 8.42 Å². The van der Waals surface area contributed by atoms with E-state index in [0.29, 0.717) is 19.0 Å². The lowest BCUT2D eigenvalue weighted by Crippen LogP contribution is -2.45. The summed E-state index contributed by atoms with van der Waals surface area (Å²) in [6.45, 7) is 3.84. The van der Waals surface area contributed by atoms with Crippen LogP contribution < -0.4 is 4.72 Å². The Bertz CT molecular complexity index is 562. The molecule has 0 aliphatic carbocycles. The zero-order valence-electron chi connectivity index (χ0n) is 13.7. The lowest BCUT2D eigenvalue weighted by Gasteiger charge is -2.39. The smallest absolute Gasteiger partial charge is 0.279 e. The predicted molar refractivity (Wildman–Crippen MR) is 89.8 cm³/mol. The Balaban J connectivity index is 2.11. The van der Waals surface area contributed by atoms with Crippen LogP contribution in [-0.2, 0) is 10.2 Å². The van der Waals surface area contributed by atoms with Crippen LogP contribution in [0.5, 0.6) is 0 Å². The van der Waals surface area contributed by atoms with Crippen LogP contribution in [-0.4, -0.2) is 51.4 Å². The lowest BCUT2D eigenvalue weighted by molar-refractivity contribution is 0.123. The molecule has 1 aliphatic heterocycles. The quantitative estimate of drug-likeness (QED) is 0.868. The fraction of sp³-hybridized carbons (Fsp3) is 0.625. The van der Waals surface area contributed by atoms with Crippen molar-refractivity contribution >= 4 is 10.2 Å². The molecule has 5 nitrogen and oxygen atoms in total. The summed E-state index contributed by atoms with van der Waals surface area (Å²) in [4.78, 5) is 2.33. The van der Waals surface area contributed by atoms with E-state index in [4.69, 9.17) is 0 Å². The number of nitrogens with zero attached hydrogens (tertiary/aromatic N) is 2. The molecular weight excluding hydrogens is 298 g/mol. The van der Waals surface area contributed by atoms with Gasteiger partial charge in [0.15, 0.2) is 0 Å². The molecule has 2 rings (SSSR count). The van der Waals surface area contributed by atoms with Gasteiger partial charge in [-0.05, 0) is 37.9 Å². The first-order chi connectivity index (χ1) is 10.5. The Morgan fingerprint density at radius 3 is 2.64 bits per heavy atom. The van der Waals surface area contributed by atoms with Gasteiger partial charge in [0.1, 0.15) is 0 Å². The highest BCUT2D eigenvalue weighted by atomic mass is 32.2. The van der Waals surface area contributed by atoms with Gasteiger partial charge in [-0.1, -0.05) is 37.3 Å². The van der Waals surface area contributed by atoms with Crippen molar-refractivity contribution in [1.29, 1.82) is 0 Å². The average Bonchev–Trinajstić information content (AvgIpc) is 2.53. The third-order valence-electron chi connectivity index (χ3n) is 4.53. The molecule has 22 heavy (non-hydrogen) atoms. The molecule has 0 amide bonds. The maximum absolute atomic E-state index is 12.1. The van der Waals surface area contributed by atoms with E-state index >= 15 is 0 Å². The molecule has 1 heterocycles. The molecule has 0 saturated carbocycles. The molecule has 0 bridgehead atoms. The van der Waals surface area contributed by atoms with Gasteiger partial charge in [0.25, 0.3) is 10.2 Å². The van der Waals surface area contributed by atoms with Crippen LogP contribution in [0.1, 0.15) is 31.4 Å². The van der Waals surface area contributed by atoms with Gasteiger partial charge < -0.3 is 0 Å². The fourth-order valence-corrected chi connectivity index (χ4v) is 4.13. The van der Waals surface area contributed by atoms with Crippen molar-refractivity contribution in [3.63, 3.8) is 0 Å². The Hall–Kier alpha value is -0.950. The van der Waals surface area contributed by atoms with Crippen LogP contribution in [0.25, 0.3) is 0 Å². The normalized spacial score (nSPS) is 23.8. The van der Waals surface area contributed by atoms with Gasteiger partial charge in [-0.15, -0.1) is 0 Å². The van der Waals surface area contributed by atoms with E-state index in [2.05, 4.69) is 28.8 Å². The van der Waals surface area contributed by atoms with Crippen LogP contribution in [0.3, 0.4) is 0 Å². The van der Waals surface area contributed by atoms with E-state index < -0.39 is 10.2 Å². The molecule has 1 aromatic carbocycles. The second kappa shape index (κ2) is 7.55. The third-order valence-corrected chi connectivity index (χ3v) is 6.14. The maximum atomic E-state index is 12.1. The average molecular weight is 325 g/mol. The summed E-state index contributed by atoms with van der Waals surface area (Å²) >= 11 is 0. The standard InChI is InChI=1S/C16H27N3O2S/c1-4-19(3)22(20,21)17-13-15-11-8-12-18(2)16(15)14-9-6-5-7-10-14/h5-7,9-10,15-17H,4,8,11-13H2,1-3H3/t15-,16+/m0/s1. The van der Waals surface area contributed by atoms with E-state index in [-0.39, 0.29) is 6.04 Å². The largest absolute Gasteiger partial charge is 0.299 e. The number of nitrogens with one attached hydrogen (secondary N) is 1. The Labute approximate surface area is 134 Å². The van der Waals surface area contributed by atoms with Crippen LogP contribution >= 0.6 is 0 Å². The minimum atomic E-state index is -3.37. The molecule has 0 spiro atoms. The van der Waals surface area contributed by atoms with E-state index in [0.717, 1.165) is 19.4 Å². The van der Waals surface area contributed by atoms with Gasteiger partial charge >= 0.3 is 0 Å². The second-order valence-corrected chi connectivity index (χ2v) is 7.87. The number of hydrogen-bond donors (Lipinski definition) is 1. The van der Waals surface area contributed by atoms with Crippen molar-refractivity contribution in [2.24, 2.45) is 5.92 Å². The first-order valence-corrected chi connectivity index (χ1v) is 9.36. The summed E-state index contributed by atoms with van der Waals surface area (Å²) < 4.78 is 28.4. The van der Waals surface area contributed by atoms with Gasteiger partial charge in [0.05, 0.1) is 0 Å². The molecule has 1 aromatic rings. The Morgan fingerprint density at radius 1 is 1.32 bits per heavy atom. The van der Waals surface area contributed by atoms with Crippen LogP contribution in [0.15, 0.2) is 30.3 Å². The number of piperidine rings is 1. The van der Waals surface area contributed by atoms with E-state index in [1.807, 2.05) is 25.1 Å². The summed E-state index contributed by atoms with van der Waals surface area (Å²) in [6.07, 6.45) is 2.15. The second-order valence-electron chi connectivity index (χ2n) is 6.01. The highest BCUT2D eigenvalue weighted by molar-refractivity contribution is 7.87. The molecule has 1 N–H and O–H groups in total. The molecule has 124 valence electrons. The number of hydrogen-bond acceptors (Lipinski definition) is 3. The molecule has 0 unspecified atom stereocenters. The zero-order valence-corrected chi connectivity index (χ0v) is 14.5. The van der Waals surface area contributed by atoms with Crippen LogP contribution in [0.2, 0.25) is 0 Å². The number of likely N-dealkylation sites (tertiary alicyclic amines) is 1. The van der Waals surface area contributed by atoms with Crippen molar-refractivity contribution in [2.45, 2.75) is 25.8 Å². The maximum Gasteiger partial charge on any atom is 0.279 e. The first-order valence-electron chi connectivity index (χ1n) is 7.91. The lowest BCUT2D eigenvalue weighted by atomic mass is 9.85. The predicted octanol–water partition coefficient (Wildman–Crippen LogP) is 1.86. The van der Waals surface area contributed by atoms with Gasteiger partial charge in [0.2, 0.25) is 0 Å². The van der Waals surface area contributed by atoms with Crippen molar-refractivity contribution in [1.82, 2.24) is 13.9 Å². The molecule has 0 aromatic heterocycles. The number of rotatable bonds is 6. The van der Waals surface area contributed by atoms with E-state index in [1.54, 1.807) is 7.05 Å². The van der Waals surface area contributed by atoms with Gasteiger partial charge in [-0.3, -0.25) is 4.90 Å². The summed E-state index contributed by atoms with van der Waals surface area (Å²) in [6, 6.07) is 10.6. The zero-order chi connectivity index (χ0) is 16.2. The minimum absolute atomic E-state index is 0.268. The summed E-state index contributed by atoms with van der Waals surface area (Å²) in [5.74, 6) is 0.293. The van der Waals surface area contributed by atoms with Crippen molar-refractivity contribution in [2.75, 3.05) is 33.7 Å².